The zero-order valence-electron chi connectivity index (χ0n) is 15.4. The van der Waals surface area contributed by atoms with Gasteiger partial charge in [0.1, 0.15) is 17.4 Å². The predicted molar refractivity (Wildman–Crippen MR) is 102 cm³/mol. The maximum absolute atomic E-state index is 13.6. The molecule has 2 aromatic carbocycles. The third-order valence-electron chi connectivity index (χ3n) is 5.28. The van der Waals surface area contributed by atoms with E-state index in [1.807, 2.05) is 24.3 Å². The molecule has 2 atom stereocenters. The van der Waals surface area contributed by atoms with Crippen LogP contribution in [-0.2, 0) is 0 Å². The number of para-hydroxylation sites is 2. The van der Waals surface area contributed by atoms with Gasteiger partial charge in [-0.25, -0.2) is 9.37 Å². The van der Waals surface area contributed by atoms with Crippen molar-refractivity contribution < 1.29 is 14.2 Å². The van der Waals surface area contributed by atoms with Crippen molar-refractivity contribution in [3.05, 3.63) is 59.7 Å². The molecule has 0 unspecified atom stereocenters. The van der Waals surface area contributed by atoms with Gasteiger partial charge in [0, 0.05) is 24.6 Å². The predicted octanol–water partition coefficient (Wildman–Crippen LogP) is 3.62. The van der Waals surface area contributed by atoms with Gasteiger partial charge in [-0.3, -0.25) is 4.90 Å². The minimum Gasteiger partial charge on any atom is -0.496 e. The first-order chi connectivity index (χ1) is 13.1. The zero-order chi connectivity index (χ0) is 18.8. The molecule has 1 aliphatic rings. The monoisotopic (exact) mass is 369 g/mol. The summed E-state index contributed by atoms with van der Waals surface area (Å²) < 4.78 is 18.9. The molecule has 2 N–H and O–H groups in total. The number of β-amino-alcohol motifs (C(OH)–C–C–N with tert-alkyl or cyclic N) is 1. The lowest BCUT2D eigenvalue weighted by molar-refractivity contribution is 0.0926. The zero-order valence-corrected chi connectivity index (χ0v) is 15.4. The second kappa shape index (κ2) is 7.66. The summed E-state index contributed by atoms with van der Waals surface area (Å²) in [6.07, 6.45) is 1.30. The fraction of sp³-hybridized carbons (Fsp3) is 0.381. The number of aliphatic hydroxyl groups excluding tert-OH is 1. The van der Waals surface area contributed by atoms with Crippen LogP contribution in [0.25, 0.3) is 11.0 Å². The van der Waals surface area contributed by atoms with Crippen LogP contribution in [0.15, 0.2) is 42.5 Å². The number of aromatic nitrogens is 2. The molecule has 1 aliphatic heterocycles. The molecule has 0 spiro atoms. The second-order valence-electron chi connectivity index (χ2n) is 7.14. The molecule has 6 heteroatoms. The Bertz CT molecular complexity index is 894. The standard InChI is InChI=1S/C21H24FN3O2/c1-27-20-9-8-15(22)11-16(20)19(26)13-25-10-4-5-14(12-25)21-23-17-6-2-3-7-18(17)24-21/h2-3,6-9,11,14,19,26H,4-5,10,12-13H2,1H3,(H,23,24)/t14-,19+/m0/s1. The lowest BCUT2D eigenvalue weighted by atomic mass is 9.96. The molecule has 5 nitrogen and oxygen atoms in total. The number of likely N-dealkylation sites (tertiary alicyclic amines) is 1. The molecule has 0 radical (unpaired) electrons. The van der Waals surface area contributed by atoms with Gasteiger partial charge < -0.3 is 14.8 Å². The number of methoxy groups -OCH3 is 1. The van der Waals surface area contributed by atoms with E-state index in [0.717, 1.165) is 42.8 Å². The molecule has 27 heavy (non-hydrogen) atoms. The van der Waals surface area contributed by atoms with Gasteiger partial charge in [0.2, 0.25) is 0 Å². The number of imidazole rings is 1. The Morgan fingerprint density at radius 3 is 3.00 bits per heavy atom. The van der Waals surface area contributed by atoms with E-state index in [4.69, 9.17) is 9.72 Å². The third kappa shape index (κ3) is 3.82. The van der Waals surface area contributed by atoms with Crippen LogP contribution in [-0.4, -0.2) is 46.7 Å². The van der Waals surface area contributed by atoms with Crippen LogP contribution < -0.4 is 4.74 Å². The number of ether oxygens (including phenoxy) is 1. The fourth-order valence-electron chi connectivity index (χ4n) is 3.92. The summed E-state index contributed by atoms with van der Waals surface area (Å²) in [5.74, 6) is 1.44. The first-order valence-electron chi connectivity index (χ1n) is 9.32. The number of rotatable bonds is 5. The number of halogens is 1. The molecule has 3 aromatic rings. The number of piperidine rings is 1. The van der Waals surface area contributed by atoms with Crippen LogP contribution in [0.1, 0.15) is 36.3 Å². The number of aromatic amines is 1. The van der Waals surface area contributed by atoms with Crippen molar-refractivity contribution >= 4 is 11.0 Å². The number of nitrogens with zero attached hydrogens (tertiary/aromatic N) is 2. The smallest absolute Gasteiger partial charge is 0.124 e. The molecule has 1 saturated heterocycles. The van der Waals surface area contributed by atoms with Gasteiger partial charge in [-0.1, -0.05) is 12.1 Å². The SMILES string of the molecule is COc1ccc(F)cc1[C@H](O)CN1CCC[C@H](c2nc3ccccc3[nH]2)C1. The highest BCUT2D eigenvalue weighted by Gasteiger charge is 2.26. The molecule has 0 bridgehead atoms. The topological polar surface area (TPSA) is 61.4 Å². The molecule has 0 aliphatic carbocycles. The molecular formula is C21H24FN3O2. The maximum Gasteiger partial charge on any atom is 0.124 e. The van der Waals surface area contributed by atoms with Gasteiger partial charge in [-0.15, -0.1) is 0 Å². The molecule has 0 amide bonds. The van der Waals surface area contributed by atoms with E-state index in [-0.39, 0.29) is 5.82 Å². The Kier molecular flexibility index (Phi) is 5.09. The van der Waals surface area contributed by atoms with Crippen molar-refractivity contribution in [2.24, 2.45) is 0 Å². The minimum atomic E-state index is -0.801. The number of hydrogen-bond donors (Lipinski definition) is 2. The molecular weight excluding hydrogens is 345 g/mol. The summed E-state index contributed by atoms with van der Waals surface area (Å²) in [6.45, 7) is 2.16. The first-order valence-corrected chi connectivity index (χ1v) is 9.32. The summed E-state index contributed by atoms with van der Waals surface area (Å²) in [6, 6.07) is 12.3. The highest BCUT2D eigenvalue weighted by Crippen LogP contribution is 2.30. The third-order valence-corrected chi connectivity index (χ3v) is 5.28. The van der Waals surface area contributed by atoms with Gasteiger partial charge in [-0.2, -0.15) is 0 Å². The van der Waals surface area contributed by atoms with Crippen molar-refractivity contribution in [1.82, 2.24) is 14.9 Å². The van der Waals surface area contributed by atoms with Crippen LogP contribution in [0, 0.1) is 5.82 Å². The fourth-order valence-corrected chi connectivity index (χ4v) is 3.92. The Hall–Kier alpha value is -2.44. The average Bonchev–Trinajstić information content (AvgIpc) is 3.12. The summed E-state index contributed by atoms with van der Waals surface area (Å²) in [5.41, 5.74) is 2.52. The quantitative estimate of drug-likeness (QED) is 0.721. The van der Waals surface area contributed by atoms with Gasteiger partial charge >= 0.3 is 0 Å². The molecule has 1 aromatic heterocycles. The van der Waals surface area contributed by atoms with E-state index < -0.39 is 6.10 Å². The first kappa shape index (κ1) is 17.9. The molecule has 142 valence electrons. The number of aliphatic hydroxyl groups is 1. The van der Waals surface area contributed by atoms with Gasteiger partial charge in [0.25, 0.3) is 0 Å². The summed E-state index contributed by atoms with van der Waals surface area (Å²) in [7, 11) is 1.53. The number of H-pyrrole nitrogens is 1. The van der Waals surface area contributed by atoms with E-state index >= 15 is 0 Å². The van der Waals surface area contributed by atoms with Gasteiger partial charge in [-0.05, 0) is 49.7 Å². The number of fused-ring (bicyclic) bond motifs is 1. The van der Waals surface area contributed by atoms with E-state index in [1.54, 1.807) is 6.07 Å². The van der Waals surface area contributed by atoms with E-state index in [0.29, 0.717) is 23.8 Å². The molecule has 4 rings (SSSR count). The summed E-state index contributed by atoms with van der Waals surface area (Å²) >= 11 is 0. The second-order valence-corrected chi connectivity index (χ2v) is 7.14. The highest BCUT2D eigenvalue weighted by molar-refractivity contribution is 5.74. The Balaban J connectivity index is 1.47. The van der Waals surface area contributed by atoms with E-state index in [9.17, 15) is 9.50 Å². The van der Waals surface area contributed by atoms with Crippen molar-refractivity contribution in [3.63, 3.8) is 0 Å². The van der Waals surface area contributed by atoms with Crippen molar-refractivity contribution in [2.45, 2.75) is 24.9 Å². The lowest BCUT2D eigenvalue weighted by Gasteiger charge is -2.33. The van der Waals surface area contributed by atoms with Gasteiger partial charge in [0.05, 0.1) is 24.2 Å². The van der Waals surface area contributed by atoms with Crippen LogP contribution in [0.3, 0.4) is 0 Å². The van der Waals surface area contributed by atoms with Crippen LogP contribution >= 0.6 is 0 Å². The maximum atomic E-state index is 13.6. The average molecular weight is 369 g/mol. The number of hydrogen-bond acceptors (Lipinski definition) is 4. The largest absolute Gasteiger partial charge is 0.496 e. The molecule has 2 heterocycles. The van der Waals surface area contributed by atoms with E-state index in [2.05, 4.69) is 9.88 Å². The van der Waals surface area contributed by atoms with E-state index in [1.165, 1.54) is 19.2 Å². The van der Waals surface area contributed by atoms with Crippen LogP contribution in [0.5, 0.6) is 5.75 Å². The summed E-state index contributed by atoms with van der Waals surface area (Å²) in [5, 5.41) is 10.7. The molecule has 0 saturated carbocycles. The minimum absolute atomic E-state index is 0.299. The molecule has 1 fully saturated rings. The Morgan fingerprint density at radius 2 is 2.19 bits per heavy atom. The van der Waals surface area contributed by atoms with Gasteiger partial charge in [0.15, 0.2) is 0 Å². The number of nitrogens with one attached hydrogen (secondary N) is 1. The number of benzene rings is 2. The normalized spacial score (nSPS) is 19.3. The van der Waals surface area contributed by atoms with Crippen molar-refractivity contribution in [3.8, 4) is 5.75 Å². The highest BCUT2D eigenvalue weighted by atomic mass is 19.1. The lowest BCUT2D eigenvalue weighted by Crippen LogP contribution is -2.37. The van der Waals surface area contributed by atoms with Crippen LogP contribution in [0.2, 0.25) is 0 Å². The van der Waals surface area contributed by atoms with Crippen molar-refractivity contribution in [2.75, 3.05) is 26.7 Å². The summed E-state index contributed by atoms with van der Waals surface area (Å²) in [4.78, 5) is 10.4. The van der Waals surface area contributed by atoms with Crippen molar-refractivity contribution in [1.29, 1.82) is 0 Å². The Morgan fingerprint density at radius 1 is 1.33 bits per heavy atom. The Labute approximate surface area is 157 Å². The van der Waals surface area contributed by atoms with Crippen LogP contribution in [0.4, 0.5) is 4.39 Å².